The van der Waals surface area contributed by atoms with Crippen molar-refractivity contribution in [2.75, 3.05) is 23.4 Å². The van der Waals surface area contributed by atoms with E-state index in [0.717, 1.165) is 0 Å². The first-order valence-corrected chi connectivity index (χ1v) is 8.71. The van der Waals surface area contributed by atoms with E-state index < -0.39 is 14.8 Å². The molecule has 0 saturated carbocycles. The van der Waals surface area contributed by atoms with Crippen LogP contribution in [0.4, 0.5) is 11.5 Å². The van der Waals surface area contributed by atoms with Crippen molar-refractivity contribution >= 4 is 21.3 Å². The molecule has 0 radical (unpaired) electrons. The van der Waals surface area contributed by atoms with Crippen LogP contribution in [0.2, 0.25) is 0 Å². The molecule has 9 heteroatoms. The number of nitrogens with one attached hydrogen (secondary N) is 1. The van der Waals surface area contributed by atoms with Gasteiger partial charge >= 0.3 is 5.69 Å². The van der Waals surface area contributed by atoms with E-state index in [9.17, 15) is 18.5 Å². The predicted octanol–water partition coefficient (Wildman–Crippen LogP) is 1.53. The average Bonchev–Trinajstić information content (AvgIpc) is 2.86. The number of sulfone groups is 1. The van der Waals surface area contributed by atoms with Gasteiger partial charge in [0.15, 0.2) is 9.84 Å². The SMILES string of the molecule is Cc1nn(C(C)C)c(NCC2CCS(=O)(=O)C2)c1[N+](=O)[O-]. The summed E-state index contributed by atoms with van der Waals surface area (Å²) in [4.78, 5) is 10.7. The van der Waals surface area contributed by atoms with Crippen molar-refractivity contribution in [2.24, 2.45) is 5.92 Å². The summed E-state index contributed by atoms with van der Waals surface area (Å²) in [6.45, 7) is 5.78. The smallest absolute Gasteiger partial charge is 0.333 e. The van der Waals surface area contributed by atoms with Crippen molar-refractivity contribution < 1.29 is 13.3 Å². The van der Waals surface area contributed by atoms with E-state index in [4.69, 9.17) is 0 Å². The van der Waals surface area contributed by atoms with Gasteiger partial charge in [-0.3, -0.25) is 10.1 Å². The molecule has 1 fully saturated rings. The van der Waals surface area contributed by atoms with Crippen LogP contribution in [0.15, 0.2) is 0 Å². The van der Waals surface area contributed by atoms with Gasteiger partial charge in [0.05, 0.1) is 16.4 Å². The summed E-state index contributed by atoms with van der Waals surface area (Å²) < 4.78 is 24.5. The van der Waals surface area contributed by atoms with Crippen LogP contribution in [0.5, 0.6) is 0 Å². The lowest BCUT2D eigenvalue weighted by Gasteiger charge is -2.14. The third-order valence-electron chi connectivity index (χ3n) is 3.61. The fourth-order valence-corrected chi connectivity index (χ4v) is 4.43. The molecule has 1 aliphatic heterocycles. The maximum Gasteiger partial charge on any atom is 0.333 e. The first-order valence-electron chi connectivity index (χ1n) is 6.89. The summed E-state index contributed by atoms with van der Waals surface area (Å²) in [5.74, 6) is 0.689. The molecule has 0 aromatic carbocycles. The maximum absolute atomic E-state index is 11.5. The van der Waals surface area contributed by atoms with Gasteiger partial charge in [-0.2, -0.15) is 5.10 Å². The van der Waals surface area contributed by atoms with Gasteiger partial charge in [-0.15, -0.1) is 0 Å². The molecule has 0 bridgehead atoms. The van der Waals surface area contributed by atoms with E-state index in [-0.39, 0.29) is 29.2 Å². The number of rotatable bonds is 5. The Bertz CT molecular complexity index is 650. The van der Waals surface area contributed by atoms with Gasteiger partial charge in [0.2, 0.25) is 5.82 Å². The zero-order chi connectivity index (χ0) is 15.8. The van der Waals surface area contributed by atoms with Gasteiger partial charge in [-0.1, -0.05) is 0 Å². The summed E-state index contributed by atoms with van der Waals surface area (Å²) in [5.41, 5.74) is 0.319. The molecular formula is C12H20N4O4S. The number of nitrogens with zero attached hydrogens (tertiary/aromatic N) is 3. The van der Waals surface area contributed by atoms with Crippen LogP contribution in [-0.4, -0.2) is 41.2 Å². The maximum atomic E-state index is 11.5. The second kappa shape index (κ2) is 5.63. The van der Waals surface area contributed by atoms with Gasteiger partial charge in [0.1, 0.15) is 5.69 Å². The third-order valence-corrected chi connectivity index (χ3v) is 5.45. The molecule has 1 saturated heterocycles. The fourth-order valence-electron chi connectivity index (χ4n) is 2.57. The Morgan fingerprint density at radius 1 is 1.52 bits per heavy atom. The number of aromatic nitrogens is 2. The van der Waals surface area contributed by atoms with Crippen LogP contribution in [0.1, 0.15) is 32.0 Å². The van der Waals surface area contributed by atoms with Crippen molar-refractivity contribution in [1.29, 1.82) is 0 Å². The number of nitro groups is 1. The Balaban J connectivity index is 2.20. The van der Waals surface area contributed by atoms with E-state index in [1.165, 1.54) is 0 Å². The average molecular weight is 316 g/mol. The number of aryl methyl sites for hydroxylation is 1. The Hall–Kier alpha value is -1.64. The molecule has 1 N–H and O–H groups in total. The Morgan fingerprint density at radius 3 is 2.67 bits per heavy atom. The first-order chi connectivity index (χ1) is 9.71. The molecule has 0 spiro atoms. The Kier molecular flexibility index (Phi) is 4.22. The highest BCUT2D eigenvalue weighted by Gasteiger charge is 2.30. The van der Waals surface area contributed by atoms with Gasteiger partial charge in [-0.25, -0.2) is 13.1 Å². The molecule has 1 atom stereocenters. The molecule has 21 heavy (non-hydrogen) atoms. The molecule has 1 unspecified atom stereocenters. The molecule has 1 aromatic rings. The van der Waals surface area contributed by atoms with Gasteiger partial charge < -0.3 is 5.32 Å². The van der Waals surface area contributed by atoms with Gasteiger partial charge in [0, 0.05) is 12.6 Å². The summed E-state index contributed by atoms with van der Waals surface area (Å²) in [5, 5.41) is 18.4. The molecule has 1 aromatic heterocycles. The molecule has 0 aliphatic carbocycles. The lowest BCUT2D eigenvalue weighted by Crippen LogP contribution is -2.19. The van der Waals surface area contributed by atoms with Gasteiger partial charge in [-0.05, 0) is 33.1 Å². The number of hydrogen-bond acceptors (Lipinski definition) is 6. The van der Waals surface area contributed by atoms with Crippen LogP contribution in [-0.2, 0) is 9.84 Å². The molecule has 8 nitrogen and oxygen atoms in total. The molecule has 1 aliphatic rings. The minimum Gasteiger partial charge on any atom is -0.364 e. The second-order valence-electron chi connectivity index (χ2n) is 5.73. The van der Waals surface area contributed by atoms with E-state index in [2.05, 4.69) is 10.4 Å². The number of hydrogen-bond donors (Lipinski definition) is 1. The quantitative estimate of drug-likeness (QED) is 0.652. The van der Waals surface area contributed by atoms with Crippen LogP contribution in [0.25, 0.3) is 0 Å². The fraction of sp³-hybridized carbons (Fsp3) is 0.750. The first kappa shape index (κ1) is 15.7. The highest BCUT2D eigenvalue weighted by atomic mass is 32.2. The monoisotopic (exact) mass is 316 g/mol. The van der Waals surface area contributed by atoms with Crippen molar-refractivity contribution in [1.82, 2.24) is 9.78 Å². The van der Waals surface area contributed by atoms with Crippen LogP contribution < -0.4 is 5.32 Å². The summed E-state index contributed by atoms with van der Waals surface area (Å²) in [6.07, 6.45) is 0.595. The molecule has 2 heterocycles. The van der Waals surface area contributed by atoms with E-state index in [1.54, 1.807) is 11.6 Å². The highest BCUT2D eigenvalue weighted by molar-refractivity contribution is 7.91. The van der Waals surface area contributed by atoms with Gasteiger partial charge in [0.25, 0.3) is 0 Å². The van der Waals surface area contributed by atoms with Crippen molar-refractivity contribution in [3.63, 3.8) is 0 Å². The van der Waals surface area contributed by atoms with Crippen molar-refractivity contribution in [2.45, 2.75) is 33.2 Å². The van der Waals surface area contributed by atoms with Crippen molar-refractivity contribution in [3.05, 3.63) is 15.8 Å². The molecular weight excluding hydrogens is 296 g/mol. The lowest BCUT2D eigenvalue weighted by atomic mass is 10.1. The molecule has 0 amide bonds. The van der Waals surface area contributed by atoms with Crippen LogP contribution >= 0.6 is 0 Å². The second-order valence-corrected chi connectivity index (χ2v) is 7.96. The number of anilines is 1. The zero-order valence-corrected chi connectivity index (χ0v) is 13.2. The summed E-state index contributed by atoms with van der Waals surface area (Å²) >= 11 is 0. The Morgan fingerprint density at radius 2 is 2.19 bits per heavy atom. The standard InChI is InChI=1S/C12H20N4O4S/c1-8(2)15-12(11(16(17)18)9(3)14-15)13-6-10-4-5-21(19,20)7-10/h8,10,13H,4-7H2,1-3H3. The van der Waals surface area contributed by atoms with E-state index in [1.807, 2.05) is 13.8 Å². The van der Waals surface area contributed by atoms with E-state index >= 15 is 0 Å². The normalized spacial score (nSPS) is 20.9. The summed E-state index contributed by atoms with van der Waals surface area (Å²) in [7, 11) is -2.94. The summed E-state index contributed by atoms with van der Waals surface area (Å²) in [6, 6.07) is -0.0211. The predicted molar refractivity (Wildman–Crippen MR) is 79.3 cm³/mol. The highest BCUT2D eigenvalue weighted by Crippen LogP contribution is 2.31. The largest absolute Gasteiger partial charge is 0.364 e. The topological polar surface area (TPSA) is 107 Å². The Labute approximate surface area is 123 Å². The minimum absolute atomic E-state index is 0.00887. The van der Waals surface area contributed by atoms with E-state index in [0.29, 0.717) is 24.5 Å². The lowest BCUT2D eigenvalue weighted by molar-refractivity contribution is -0.384. The molecule has 2 rings (SSSR count). The zero-order valence-electron chi connectivity index (χ0n) is 12.4. The third kappa shape index (κ3) is 3.34. The molecule has 118 valence electrons. The van der Waals surface area contributed by atoms with Crippen LogP contribution in [0, 0.1) is 23.0 Å². The van der Waals surface area contributed by atoms with Crippen LogP contribution in [0.3, 0.4) is 0 Å². The minimum atomic E-state index is -2.94. The van der Waals surface area contributed by atoms with Crippen molar-refractivity contribution in [3.8, 4) is 0 Å².